The van der Waals surface area contributed by atoms with E-state index < -0.39 is 0 Å². The molecule has 0 atom stereocenters. The number of methoxy groups -OCH3 is 1. The van der Waals surface area contributed by atoms with Gasteiger partial charge in [0.2, 0.25) is 5.88 Å². The second-order valence-electron chi connectivity index (χ2n) is 3.85. The van der Waals surface area contributed by atoms with Gasteiger partial charge in [-0.05, 0) is 17.7 Å². The maximum absolute atomic E-state index is 5.57. The number of nitrogens with two attached hydrogens (primary N) is 1. The van der Waals surface area contributed by atoms with Gasteiger partial charge in [-0.3, -0.25) is 4.98 Å². The molecule has 0 aliphatic rings. The van der Waals surface area contributed by atoms with Gasteiger partial charge in [0.15, 0.2) is 5.82 Å². The number of nitrogens with zero attached hydrogens (tertiary/aromatic N) is 3. The Kier molecular flexibility index (Phi) is 3.74. The van der Waals surface area contributed by atoms with Gasteiger partial charge in [0.25, 0.3) is 0 Å². The molecule has 1 heterocycles. The average molecular weight is 244 g/mol. The molecule has 2 N–H and O–H groups in total. The van der Waals surface area contributed by atoms with Crippen LogP contribution >= 0.6 is 0 Å². The number of ether oxygens (including phenoxy) is 1. The van der Waals surface area contributed by atoms with Crippen LogP contribution in [-0.4, -0.2) is 24.1 Å². The molecule has 18 heavy (non-hydrogen) atoms. The van der Waals surface area contributed by atoms with E-state index in [0.29, 0.717) is 12.4 Å². The molecule has 1 aromatic heterocycles. The molecule has 1 aromatic carbocycles. The Bertz CT molecular complexity index is 513. The van der Waals surface area contributed by atoms with Gasteiger partial charge in [0.1, 0.15) is 0 Å². The number of rotatable bonds is 4. The van der Waals surface area contributed by atoms with Gasteiger partial charge in [-0.2, -0.15) is 4.98 Å². The molecule has 94 valence electrons. The monoisotopic (exact) mass is 244 g/mol. The van der Waals surface area contributed by atoms with Crippen molar-refractivity contribution in [2.75, 3.05) is 19.1 Å². The van der Waals surface area contributed by atoms with Crippen LogP contribution in [0.2, 0.25) is 0 Å². The fraction of sp³-hybridized carbons (Fsp3) is 0.231. The molecule has 0 saturated carbocycles. The number of hydrogen-bond donors (Lipinski definition) is 1. The molecule has 5 heteroatoms. The Labute approximate surface area is 106 Å². The van der Waals surface area contributed by atoms with E-state index in [1.807, 2.05) is 36.2 Å². The van der Waals surface area contributed by atoms with Gasteiger partial charge in [0, 0.05) is 19.3 Å². The van der Waals surface area contributed by atoms with Gasteiger partial charge in [-0.1, -0.05) is 12.1 Å². The molecule has 0 radical (unpaired) electrons. The van der Waals surface area contributed by atoms with Crippen molar-refractivity contribution in [2.24, 2.45) is 5.73 Å². The van der Waals surface area contributed by atoms with Crippen molar-refractivity contribution in [1.82, 2.24) is 9.97 Å². The van der Waals surface area contributed by atoms with E-state index in [2.05, 4.69) is 9.97 Å². The van der Waals surface area contributed by atoms with Crippen molar-refractivity contribution >= 4 is 11.5 Å². The topological polar surface area (TPSA) is 64.3 Å². The Hall–Kier alpha value is -2.14. The summed E-state index contributed by atoms with van der Waals surface area (Å²) in [5.74, 6) is 1.23. The largest absolute Gasteiger partial charge is 0.480 e. The SMILES string of the molecule is COc1cncc(N(C)c2ccc(CN)cc2)n1. The zero-order chi connectivity index (χ0) is 13.0. The summed E-state index contributed by atoms with van der Waals surface area (Å²) in [6.45, 7) is 0.545. The van der Waals surface area contributed by atoms with Crippen LogP contribution in [0.3, 0.4) is 0 Å². The summed E-state index contributed by atoms with van der Waals surface area (Å²) in [6.07, 6.45) is 3.27. The standard InChI is InChI=1S/C13H16N4O/c1-17(11-5-3-10(7-14)4-6-11)12-8-15-9-13(16-12)18-2/h3-6,8-9H,7,14H2,1-2H3. The Morgan fingerprint density at radius 1 is 1.22 bits per heavy atom. The van der Waals surface area contributed by atoms with Crippen molar-refractivity contribution in [2.45, 2.75) is 6.54 Å². The van der Waals surface area contributed by atoms with E-state index in [1.54, 1.807) is 19.5 Å². The van der Waals surface area contributed by atoms with Crippen LogP contribution in [0.4, 0.5) is 11.5 Å². The fourth-order valence-electron chi connectivity index (χ4n) is 1.59. The fourth-order valence-corrected chi connectivity index (χ4v) is 1.59. The highest BCUT2D eigenvalue weighted by Gasteiger charge is 2.06. The van der Waals surface area contributed by atoms with E-state index in [9.17, 15) is 0 Å². The maximum atomic E-state index is 5.57. The van der Waals surface area contributed by atoms with Crippen molar-refractivity contribution in [3.05, 3.63) is 42.2 Å². The lowest BCUT2D eigenvalue weighted by Crippen LogP contribution is -2.12. The lowest BCUT2D eigenvalue weighted by atomic mass is 10.2. The first-order chi connectivity index (χ1) is 8.74. The van der Waals surface area contributed by atoms with E-state index in [1.165, 1.54) is 0 Å². The third-order valence-electron chi connectivity index (χ3n) is 2.71. The summed E-state index contributed by atoms with van der Waals surface area (Å²) in [5.41, 5.74) is 7.70. The first-order valence-corrected chi connectivity index (χ1v) is 5.63. The molecule has 5 nitrogen and oxygen atoms in total. The minimum Gasteiger partial charge on any atom is -0.480 e. The molecule has 0 unspecified atom stereocenters. The summed E-state index contributed by atoms with van der Waals surface area (Å²) in [4.78, 5) is 10.4. The summed E-state index contributed by atoms with van der Waals surface area (Å²) >= 11 is 0. The Morgan fingerprint density at radius 3 is 2.56 bits per heavy atom. The smallest absolute Gasteiger partial charge is 0.234 e. The highest BCUT2D eigenvalue weighted by atomic mass is 16.5. The summed E-state index contributed by atoms with van der Waals surface area (Å²) in [6, 6.07) is 8.01. The zero-order valence-electron chi connectivity index (χ0n) is 10.5. The highest BCUT2D eigenvalue weighted by Crippen LogP contribution is 2.22. The zero-order valence-corrected chi connectivity index (χ0v) is 10.5. The molecule has 0 amide bonds. The normalized spacial score (nSPS) is 10.2. The van der Waals surface area contributed by atoms with Gasteiger partial charge >= 0.3 is 0 Å². The molecule has 0 saturated heterocycles. The van der Waals surface area contributed by atoms with Crippen molar-refractivity contribution in [3.8, 4) is 5.88 Å². The van der Waals surface area contributed by atoms with Crippen LogP contribution in [0.25, 0.3) is 0 Å². The van der Waals surface area contributed by atoms with E-state index in [0.717, 1.165) is 17.1 Å². The summed E-state index contributed by atoms with van der Waals surface area (Å²) in [7, 11) is 3.50. The lowest BCUT2D eigenvalue weighted by molar-refractivity contribution is 0.396. The predicted molar refractivity (Wildman–Crippen MR) is 71.0 cm³/mol. The quantitative estimate of drug-likeness (QED) is 0.887. The van der Waals surface area contributed by atoms with E-state index in [4.69, 9.17) is 10.5 Å². The van der Waals surface area contributed by atoms with E-state index >= 15 is 0 Å². The second-order valence-corrected chi connectivity index (χ2v) is 3.85. The number of benzene rings is 1. The predicted octanol–water partition coefficient (Wildman–Crippen LogP) is 1.71. The second kappa shape index (κ2) is 5.46. The van der Waals surface area contributed by atoms with Crippen LogP contribution in [0.1, 0.15) is 5.56 Å². The molecule has 0 fully saturated rings. The van der Waals surface area contributed by atoms with Crippen molar-refractivity contribution in [1.29, 1.82) is 0 Å². The number of aromatic nitrogens is 2. The minimum absolute atomic E-state index is 0.498. The maximum Gasteiger partial charge on any atom is 0.234 e. The molecule has 0 aliphatic heterocycles. The van der Waals surface area contributed by atoms with Gasteiger partial charge in [-0.25, -0.2) is 0 Å². The van der Waals surface area contributed by atoms with Gasteiger partial charge < -0.3 is 15.4 Å². The molecule has 2 aromatic rings. The van der Waals surface area contributed by atoms with Crippen LogP contribution < -0.4 is 15.4 Å². The summed E-state index contributed by atoms with van der Waals surface area (Å²) < 4.78 is 5.06. The Morgan fingerprint density at radius 2 is 1.94 bits per heavy atom. The van der Waals surface area contributed by atoms with Crippen LogP contribution in [0, 0.1) is 0 Å². The first kappa shape index (κ1) is 12.3. The molecular weight excluding hydrogens is 228 g/mol. The van der Waals surface area contributed by atoms with Crippen molar-refractivity contribution in [3.63, 3.8) is 0 Å². The lowest BCUT2D eigenvalue weighted by Gasteiger charge is -2.18. The van der Waals surface area contributed by atoms with Gasteiger partial charge in [0.05, 0.1) is 19.5 Å². The highest BCUT2D eigenvalue weighted by molar-refractivity contribution is 5.58. The number of anilines is 2. The minimum atomic E-state index is 0.498. The molecular formula is C13H16N4O. The molecule has 0 aliphatic carbocycles. The van der Waals surface area contributed by atoms with Crippen LogP contribution in [0.5, 0.6) is 5.88 Å². The Balaban J connectivity index is 2.25. The van der Waals surface area contributed by atoms with Crippen LogP contribution in [0.15, 0.2) is 36.7 Å². The van der Waals surface area contributed by atoms with Crippen LogP contribution in [-0.2, 0) is 6.54 Å². The van der Waals surface area contributed by atoms with E-state index in [-0.39, 0.29) is 0 Å². The molecule has 2 rings (SSSR count). The van der Waals surface area contributed by atoms with Gasteiger partial charge in [-0.15, -0.1) is 0 Å². The first-order valence-electron chi connectivity index (χ1n) is 5.63. The molecule has 0 bridgehead atoms. The number of hydrogen-bond acceptors (Lipinski definition) is 5. The summed E-state index contributed by atoms with van der Waals surface area (Å²) in [5, 5.41) is 0. The third kappa shape index (κ3) is 2.57. The third-order valence-corrected chi connectivity index (χ3v) is 2.71. The average Bonchev–Trinajstić information content (AvgIpc) is 2.46. The van der Waals surface area contributed by atoms with Crippen molar-refractivity contribution < 1.29 is 4.74 Å². The molecule has 0 spiro atoms.